The van der Waals surface area contributed by atoms with Gasteiger partial charge in [-0.25, -0.2) is 4.98 Å². The molecule has 0 spiro atoms. The lowest BCUT2D eigenvalue weighted by Crippen LogP contribution is -2.16. The summed E-state index contributed by atoms with van der Waals surface area (Å²) in [5.74, 6) is 0.540. The zero-order chi connectivity index (χ0) is 11.5. The molecular weight excluding hydrogens is 202 g/mol. The molecule has 2 aromatic heterocycles. The number of nitrogens with two attached hydrogens (primary N) is 1. The van der Waals surface area contributed by atoms with Crippen LogP contribution in [0.3, 0.4) is 0 Å². The molecule has 84 valence electrons. The van der Waals surface area contributed by atoms with E-state index in [9.17, 15) is 0 Å². The van der Waals surface area contributed by atoms with E-state index in [4.69, 9.17) is 5.73 Å². The van der Waals surface area contributed by atoms with E-state index in [1.165, 1.54) is 5.56 Å². The van der Waals surface area contributed by atoms with Crippen molar-refractivity contribution in [3.8, 4) is 0 Å². The van der Waals surface area contributed by atoms with Gasteiger partial charge in [0.05, 0.1) is 18.1 Å². The third-order valence-corrected chi connectivity index (χ3v) is 2.39. The van der Waals surface area contributed by atoms with Crippen LogP contribution in [0.25, 0.3) is 0 Å². The van der Waals surface area contributed by atoms with Crippen LogP contribution in [-0.4, -0.2) is 21.8 Å². The molecule has 0 aliphatic carbocycles. The molecule has 0 aromatic carbocycles. The minimum atomic E-state index is 0.540. The monoisotopic (exact) mass is 217 g/mol. The summed E-state index contributed by atoms with van der Waals surface area (Å²) < 4.78 is 1.80. The van der Waals surface area contributed by atoms with Crippen molar-refractivity contribution < 1.29 is 0 Å². The molecule has 2 heterocycles. The number of rotatable bonds is 3. The van der Waals surface area contributed by atoms with Crippen molar-refractivity contribution in [1.29, 1.82) is 0 Å². The van der Waals surface area contributed by atoms with Gasteiger partial charge in [-0.3, -0.25) is 4.68 Å². The summed E-state index contributed by atoms with van der Waals surface area (Å²) in [4.78, 5) is 6.16. The molecule has 5 nitrogen and oxygen atoms in total. The summed E-state index contributed by atoms with van der Waals surface area (Å²) in [6, 6.07) is 3.76. The first kappa shape index (κ1) is 10.5. The minimum Gasteiger partial charge on any atom is -0.384 e. The molecule has 0 aliphatic rings. The molecule has 2 aromatic rings. The zero-order valence-electron chi connectivity index (χ0n) is 9.46. The number of aryl methyl sites for hydroxylation is 1. The summed E-state index contributed by atoms with van der Waals surface area (Å²) in [7, 11) is 3.93. The van der Waals surface area contributed by atoms with Gasteiger partial charge in [0, 0.05) is 32.4 Å². The van der Waals surface area contributed by atoms with Crippen molar-refractivity contribution in [2.24, 2.45) is 7.05 Å². The Morgan fingerprint density at radius 3 is 2.75 bits per heavy atom. The second-order valence-corrected chi connectivity index (χ2v) is 3.82. The molecule has 0 radical (unpaired) electrons. The van der Waals surface area contributed by atoms with Gasteiger partial charge in [0.15, 0.2) is 0 Å². The van der Waals surface area contributed by atoms with Gasteiger partial charge >= 0.3 is 0 Å². The summed E-state index contributed by atoms with van der Waals surface area (Å²) >= 11 is 0. The number of anilines is 2. The number of hydrogen-bond donors (Lipinski definition) is 1. The first-order valence-electron chi connectivity index (χ1n) is 5.05. The molecular formula is C11H15N5. The molecule has 2 N–H and O–H groups in total. The van der Waals surface area contributed by atoms with Crippen LogP contribution in [0.2, 0.25) is 0 Å². The number of nitrogen functional groups attached to an aromatic ring is 1. The van der Waals surface area contributed by atoms with Gasteiger partial charge < -0.3 is 10.6 Å². The van der Waals surface area contributed by atoms with E-state index in [0.29, 0.717) is 5.82 Å². The predicted octanol–water partition coefficient (Wildman–Crippen LogP) is 1.03. The Hall–Kier alpha value is -2.04. The van der Waals surface area contributed by atoms with Crippen molar-refractivity contribution in [2.75, 3.05) is 17.7 Å². The highest BCUT2D eigenvalue weighted by Crippen LogP contribution is 2.14. The maximum atomic E-state index is 5.54. The quantitative estimate of drug-likeness (QED) is 0.834. The Bertz CT molecular complexity index is 459. The maximum Gasteiger partial charge on any atom is 0.123 e. The Labute approximate surface area is 94.5 Å². The van der Waals surface area contributed by atoms with Crippen molar-refractivity contribution >= 4 is 11.5 Å². The predicted molar refractivity (Wildman–Crippen MR) is 64.0 cm³/mol. The highest BCUT2D eigenvalue weighted by atomic mass is 15.2. The van der Waals surface area contributed by atoms with Crippen LogP contribution < -0.4 is 10.6 Å². The lowest BCUT2D eigenvalue weighted by atomic mass is 10.3. The van der Waals surface area contributed by atoms with Crippen molar-refractivity contribution in [2.45, 2.75) is 6.54 Å². The highest BCUT2D eigenvalue weighted by Gasteiger charge is 2.03. The molecule has 16 heavy (non-hydrogen) atoms. The van der Waals surface area contributed by atoms with Crippen molar-refractivity contribution in [3.63, 3.8) is 0 Å². The first-order valence-corrected chi connectivity index (χ1v) is 5.05. The molecule has 0 saturated heterocycles. The van der Waals surface area contributed by atoms with Gasteiger partial charge in [0.25, 0.3) is 0 Å². The molecule has 0 unspecified atom stereocenters. The van der Waals surface area contributed by atoms with Gasteiger partial charge in [0.2, 0.25) is 0 Å². The second-order valence-electron chi connectivity index (χ2n) is 3.82. The number of hydrogen-bond acceptors (Lipinski definition) is 4. The highest BCUT2D eigenvalue weighted by molar-refractivity contribution is 5.47. The summed E-state index contributed by atoms with van der Waals surface area (Å²) in [6.45, 7) is 0.805. The molecule has 0 fully saturated rings. The summed E-state index contributed by atoms with van der Waals surface area (Å²) in [5.41, 5.74) is 7.75. The van der Waals surface area contributed by atoms with Crippen LogP contribution in [0.15, 0.2) is 30.7 Å². The van der Waals surface area contributed by atoms with Crippen molar-refractivity contribution in [3.05, 3.63) is 36.3 Å². The van der Waals surface area contributed by atoms with E-state index >= 15 is 0 Å². The van der Waals surface area contributed by atoms with Crippen LogP contribution in [0.5, 0.6) is 0 Å². The third-order valence-electron chi connectivity index (χ3n) is 2.39. The van der Waals surface area contributed by atoms with E-state index in [2.05, 4.69) is 15.0 Å². The van der Waals surface area contributed by atoms with Crippen LogP contribution in [0.1, 0.15) is 5.56 Å². The number of aromatic nitrogens is 3. The average Bonchev–Trinajstić information content (AvgIpc) is 2.65. The standard InChI is InChI=1S/C11H15N5/c1-15(7-9-5-14-16(2)8-9)10-3-4-11(12)13-6-10/h3-6,8H,7H2,1-2H3,(H2,12,13). The van der Waals surface area contributed by atoms with Crippen LogP contribution in [0.4, 0.5) is 11.5 Å². The van der Waals surface area contributed by atoms with Gasteiger partial charge in [-0.2, -0.15) is 5.10 Å². The SMILES string of the molecule is CN(Cc1cnn(C)c1)c1ccc(N)nc1. The Kier molecular flexibility index (Phi) is 2.76. The Balaban J connectivity index is 2.08. The maximum absolute atomic E-state index is 5.54. The topological polar surface area (TPSA) is 60.0 Å². The number of pyridine rings is 1. The molecule has 0 atom stereocenters. The molecule has 2 rings (SSSR count). The minimum absolute atomic E-state index is 0.540. The molecule has 0 saturated carbocycles. The molecule has 0 aliphatic heterocycles. The largest absolute Gasteiger partial charge is 0.384 e. The normalized spacial score (nSPS) is 10.4. The van der Waals surface area contributed by atoms with Gasteiger partial charge in [-0.15, -0.1) is 0 Å². The molecule has 0 bridgehead atoms. The van der Waals surface area contributed by atoms with Crippen molar-refractivity contribution in [1.82, 2.24) is 14.8 Å². The first-order chi connectivity index (χ1) is 7.65. The van der Waals surface area contributed by atoms with Crippen LogP contribution in [-0.2, 0) is 13.6 Å². The number of nitrogens with zero attached hydrogens (tertiary/aromatic N) is 4. The summed E-state index contributed by atoms with van der Waals surface area (Å²) in [6.07, 6.45) is 5.63. The zero-order valence-corrected chi connectivity index (χ0v) is 9.46. The Morgan fingerprint density at radius 2 is 2.19 bits per heavy atom. The lowest BCUT2D eigenvalue weighted by Gasteiger charge is -2.17. The van der Waals surface area contributed by atoms with E-state index in [1.807, 2.05) is 32.6 Å². The fourth-order valence-corrected chi connectivity index (χ4v) is 1.54. The van der Waals surface area contributed by atoms with Gasteiger partial charge in [-0.05, 0) is 12.1 Å². The Morgan fingerprint density at radius 1 is 1.38 bits per heavy atom. The summed E-state index contributed by atoms with van der Waals surface area (Å²) in [5, 5.41) is 4.13. The van der Waals surface area contributed by atoms with E-state index < -0.39 is 0 Å². The van der Waals surface area contributed by atoms with Crippen LogP contribution in [0, 0.1) is 0 Å². The average molecular weight is 217 g/mol. The van der Waals surface area contributed by atoms with E-state index in [0.717, 1.165) is 12.2 Å². The smallest absolute Gasteiger partial charge is 0.123 e. The van der Waals surface area contributed by atoms with Crippen LogP contribution >= 0.6 is 0 Å². The van der Waals surface area contributed by atoms with Gasteiger partial charge in [-0.1, -0.05) is 0 Å². The molecule has 0 amide bonds. The van der Waals surface area contributed by atoms with E-state index in [-0.39, 0.29) is 0 Å². The fraction of sp³-hybridized carbons (Fsp3) is 0.273. The third kappa shape index (κ3) is 2.31. The lowest BCUT2D eigenvalue weighted by molar-refractivity contribution is 0.766. The fourth-order valence-electron chi connectivity index (χ4n) is 1.54. The molecule has 5 heteroatoms. The van der Waals surface area contributed by atoms with Gasteiger partial charge in [0.1, 0.15) is 5.82 Å². The van der Waals surface area contributed by atoms with E-state index in [1.54, 1.807) is 16.9 Å². The second kappa shape index (κ2) is 4.22.